The monoisotopic (exact) mass is 1340 g/mol. The van der Waals surface area contributed by atoms with E-state index in [2.05, 4.69) is 247 Å². The fourth-order valence-electron chi connectivity index (χ4n) is 17.1. The van der Waals surface area contributed by atoms with E-state index < -0.39 is 0 Å². The third-order valence-electron chi connectivity index (χ3n) is 21.4. The average molecular weight is 1340 g/mol. The first-order valence-corrected chi connectivity index (χ1v) is 35.6. The van der Waals surface area contributed by atoms with Gasteiger partial charge in [-0.25, -0.2) is 19.9 Å². The minimum absolute atomic E-state index is 0.0676. The Morgan fingerprint density at radius 1 is 0.414 bits per heavy atom. The highest BCUT2D eigenvalue weighted by molar-refractivity contribution is 7.26. The molecule has 12 heteroatoms. The van der Waals surface area contributed by atoms with Crippen molar-refractivity contribution in [3.63, 3.8) is 0 Å². The zero-order chi connectivity index (χ0) is 64.8. The first kappa shape index (κ1) is 54.6. The van der Waals surface area contributed by atoms with Crippen LogP contribution in [0.2, 0.25) is 10.3 Å². The fraction of sp³-hybridized carbons (Fsp3) is 0.0345. The van der Waals surface area contributed by atoms with E-state index in [-0.39, 0.29) is 11.8 Å². The van der Waals surface area contributed by atoms with Gasteiger partial charge in [0, 0.05) is 84.8 Å². The van der Waals surface area contributed by atoms with Gasteiger partial charge < -0.3 is 8.83 Å². The van der Waals surface area contributed by atoms with Crippen LogP contribution in [-0.4, -0.2) is 29.1 Å². The highest BCUT2D eigenvalue weighted by Crippen LogP contribution is 2.54. The number of rotatable bonds is 4. The van der Waals surface area contributed by atoms with E-state index in [4.69, 9.17) is 52.0 Å². The normalized spacial score (nSPS) is 15.1. The van der Waals surface area contributed by atoms with Crippen molar-refractivity contribution in [2.75, 3.05) is 0 Å². The molecular formula is C87H46Cl2N6O2S2. The number of halogens is 2. The lowest BCUT2D eigenvalue weighted by atomic mass is 9.73. The molecule has 21 aromatic rings. The van der Waals surface area contributed by atoms with E-state index in [1.807, 2.05) is 29.5 Å². The summed E-state index contributed by atoms with van der Waals surface area (Å²) < 4.78 is 22.9. The van der Waals surface area contributed by atoms with Crippen molar-refractivity contribution in [2.24, 2.45) is 5.92 Å². The molecule has 2 atom stereocenters. The molecule has 0 fully saturated rings. The summed E-state index contributed by atoms with van der Waals surface area (Å²) in [5, 5.41) is 20.3. The summed E-state index contributed by atoms with van der Waals surface area (Å²) >= 11 is 18.4. The standard InChI is InChI=1S/C87H46Cl2N6O2S2/c1-43-61-37-46(49-30-33-54-53-16-9-12-24-69(53)98-71(54)42-49)28-29-50(61)40-68-72(43)76-58-20-7-5-18-56(58)74-62-38-47(32-35-66(62)95(80(74)82(76)97-68)85-83(88)90-64-34-31-44-14-2-3-15-52(44)77(64)91-85)45-26-27-48-39-63-67(41-51(48)36-45)96-81-75(63)57-19-6-4-17-55(57)73-59-21-8-11-23-65(59)94(79(73)81)86-84(89)93-87-78(92-86)60-22-10-13-25-70(60)99-87/h2-43,61H,1H3. The number of thiophene rings is 2. The molecular weight excluding hydrogens is 1300 g/mol. The number of hydrogen-bond acceptors (Lipinski definition) is 8. The summed E-state index contributed by atoms with van der Waals surface area (Å²) in [6.45, 7) is 2.37. The second-order valence-electron chi connectivity index (χ2n) is 26.6. The van der Waals surface area contributed by atoms with Crippen molar-refractivity contribution in [3.05, 3.63) is 275 Å². The molecule has 2 aliphatic rings. The maximum absolute atomic E-state index is 7.57. The number of aromatic nitrogens is 6. The lowest BCUT2D eigenvalue weighted by molar-refractivity contribution is 0.558. The van der Waals surface area contributed by atoms with Gasteiger partial charge in [-0.1, -0.05) is 212 Å². The third kappa shape index (κ3) is 7.47. The van der Waals surface area contributed by atoms with Crippen LogP contribution in [-0.2, 0) is 0 Å². The fourth-order valence-corrected chi connectivity index (χ4v) is 19.7. The number of hydrogen-bond donors (Lipinski definition) is 0. The quantitative estimate of drug-likeness (QED) is 0.163. The zero-order valence-corrected chi connectivity index (χ0v) is 55.5. The smallest absolute Gasteiger partial charge is 0.176 e. The maximum atomic E-state index is 7.57. The Kier molecular flexibility index (Phi) is 10.9. The summed E-state index contributed by atoms with van der Waals surface area (Å²) in [5.41, 5.74) is 15.3. The molecule has 8 aromatic heterocycles. The van der Waals surface area contributed by atoms with E-state index in [1.165, 1.54) is 42.4 Å². The number of benzene rings is 13. The molecule has 0 bridgehead atoms. The molecule has 13 aromatic carbocycles. The highest BCUT2D eigenvalue weighted by Gasteiger charge is 2.36. The van der Waals surface area contributed by atoms with Crippen molar-refractivity contribution < 1.29 is 8.83 Å². The summed E-state index contributed by atoms with van der Waals surface area (Å²) in [6, 6.07) is 80.5. The summed E-state index contributed by atoms with van der Waals surface area (Å²) in [5.74, 6) is 2.13. The van der Waals surface area contributed by atoms with Gasteiger partial charge in [-0.05, 0) is 138 Å². The molecule has 8 nitrogen and oxygen atoms in total. The van der Waals surface area contributed by atoms with Crippen LogP contribution in [0.4, 0.5) is 0 Å². The number of nitrogens with zero attached hydrogens (tertiary/aromatic N) is 6. The minimum Gasteiger partial charge on any atom is -0.454 e. The number of fused-ring (bicyclic) bond motifs is 31. The Morgan fingerprint density at radius 2 is 1.02 bits per heavy atom. The first-order chi connectivity index (χ1) is 48.8. The molecule has 0 saturated heterocycles. The van der Waals surface area contributed by atoms with Gasteiger partial charge in [0.1, 0.15) is 21.7 Å². The van der Waals surface area contributed by atoms with E-state index in [0.717, 1.165) is 168 Å². The maximum Gasteiger partial charge on any atom is 0.176 e. The van der Waals surface area contributed by atoms with Crippen molar-refractivity contribution in [3.8, 4) is 22.8 Å². The van der Waals surface area contributed by atoms with Gasteiger partial charge in [0.05, 0.1) is 33.1 Å². The Morgan fingerprint density at radius 3 is 1.83 bits per heavy atom. The molecule has 99 heavy (non-hydrogen) atoms. The average Bonchev–Trinajstić information content (AvgIpc) is 1.54. The summed E-state index contributed by atoms with van der Waals surface area (Å²) in [4.78, 5) is 21.9. The van der Waals surface area contributed by atoms with Gasteiger partial charge in [-0.3, -0.25) is 9.13 Å². The van der Waals surface area contributed by atoms with Crippen LogP contribution in [0.15, 0.2) is 257 Å². The third-order valence-corrected chi connectivity index (χ3v) is 24.1. The second-order valence-corrected chi connectivity index (χ2v) is 29.4. The Hall–Kier alpha value is -11.5. The van der Waals surface area contributed by atoms with Gasteiger partial charge in [0.15, 0.2) is 33.1 Å². The van der Waals surface area contributed by atoms with Crippen LogP contribution in [0.5, 0.6) is 0 Å². The van der Waals surface area contributed by atoms with Gasteiger partial charge in [0.2, 0.25) is 0 Å². The van der Waals surface area contributed by atoms with Crippen molar-refractivity contribution in [1.29, 1.82) is 0 Å². The van der Waals surface area contributed by atoms with E-state index in [0.29, 0.717) is 21.9 Å². The SMILES string of the molecule is CC1c2c(oc3c2c2ccccc2c2c4cc(-c5ccc6cc7c(cc6c5)oc5c7c6ccccc6c6c7ccccc7n(-c7nc8c(nc7Cl)sc7ccccc78)c56)ccc4n(-c4nc5c(ccc6ccccc65)nc4Cl)c32)C=C2C=CC(c3ccc4c(c3)sc3ccccc34)=CC21. The molecule has 0 radical (unpaired) electrons. The van der Waals surface area contributed by atoms with Gasteiger partial charge >= 0.3 is 0 Å². The van der Waals surface area contributed by atoms with Crippen LogP contribution in [0.25, 0.3) is 206 Å². The molecule has 462 valence electrons. The second kappa shape index (κ2) is 19.8. The zero-order valence-electron chi connectivity index (χ0n) is 52.4. The van der Waals surface area contributed by atoms with Gasteiger partial charge in [0.25, 0.3) is 0 Å². The Bertz CT molecular complexity index is 7440. The topological polar surface area (TPSA) is 87.7 Å². The molecule has 8 heterocycles. The molecule has 2 aliphatic carbocycles. The molecule has 0 aliphatic heterocycles. The molecule has 0 spiro atoms. The predicted molar refractivity (Wildman–Crippen MR) is 416 cm³/mol. The summed E-state index contributed by atoms with van der Waals surface area (Å²) in [7, 11) is 0. The lowest BCUT2D eigenvalue weighted by Crippen LogP contribution is -2.16. The van der Waals surface area contributed by atoms with E-state index in [1.54, 1.807) is 11.3 Å². The van der Waals surface area contributed by atoms with Crippen LogP contribution in [0.1, 0.15) is 29.7 Å². The van der Waals surface area contributed by atoms with Crippen molar-refractivity contribution >= 4 is 229 Å². The highest BCUT2D eigenvalue weighted by atomic mass is 35.5. The van der Waals surface area contributed by atoms with Crippen molar-refractivity contribution in [2.45, 2.75) is 12.8 Å². The number of para-hydroxylation sites is 1. The van der Waals surface area contributed by atoms with E-state index >= 15 is 0 Å². The molecule has 2 unspecified atom stereocenters. The lowest BCUT2D eigenvalue weighted by Gasteiger charge is -2.29. The largest absolute Gasteiger partial charge is 0.454 e. The van der Waals surface area contributed by atoms with E-state index in [9.17, 15) is 0 Å². The Labute approximate surface area is 579 Å². The predicted octanol–water partition coefficient (Wildman–Crippen LogP) is 25.4. The molecule has 23 rings (SSSR count). The minimum atomic E-state index is 0.0676. The van der Waals surface area contributed by atoms with Crippen LogP contribution >= 0.6 is 45.9 Å². The van der Waals surface area contributed by atoms with Gasteiger partial charge in [-0.15, -0.1) is 22.7 Å². The molecule has 0 saturated carbocycles. The number of furan rings is 2. The van der Waals surface area contributed by atoms with Crippen LogP contribution in [0.3, 0.4) is 0 Å². The van der Waals surface area contributed by atoms with Crippen LogP contribution in [0, 0.1) is 5.92 Å². The first-order valence-electron chi connectivity index (χ1n) is 33.2. The molecule has 0 amide bonds. The van der Waals surface area contributed by atoms with Crippen LogP contribution < -0.4 is 0 Å². The Balaban J connectivity index is 0.729. The van der Waals surface area contributed by atoms with Crippen molar-refractivity contribution in [1.82, 2.24) is 29.1 Å². The number of allylic oxidation sites excluding steroid dienone is 5. The summed E-state index contributed by atoms with van der Waals surface area (Å²) in [6.07, 6.45) is 9.34. The van der Waals surface area contributed by atoms with Gasteiger partial charge in [-0.2, -0.15) is 0 Å². The molecule has 0 N–H and O–H groups in total.